The molecule has 4 aromatic rings. The second kappa shape index (κ2) is 8.04. The molecule has 7 heteroatoms. The number of benzene rings is 2. The zero-order chi connectivity index (χ0) is 20.3. The average Bonchev–Trinajstić information content (AvgIpc) is 3.52. The van der Waals surface area contributed by atoms with Crippen LogP contribution in [-0.4, -0.2) is 22.5 Å². The van der Waals surface area contributed by atoms with E-state index < -0.39 is 0 Å². The molecule has 0 saturated carbocycles. The second-order valence-electron chi connectivity index (χ2n) is 6.92. The van der Waals surface area contributed by atoms with Crippen molar-refractivity contribution in [3.05, 3.63) is 88.9 Å². The van der Waals surface area contributed by atoms with Crippen molar-refractivity contribution in [1.29, 1.82) is 0 Å². The number of ether oxygens (including phenoxy) is 2. The minimum absolute atomic E-state index is 0.157. The lowest BCUT2D eigenvalue weighted by molar-refractivity contribution is 0.0951. The predicted molar refractivity (Wildman–Crippen MR) is 115 cm³/mol. The van der Waals surface area contributed by atoms with Gasteiger partial charge in [-0.3, -0.25) is 9.48 Å². The van der Waals surface area contributed by atoms with Gasteiger partial charge in [-0.25, -0.2) is 0 Å². The summed E-state index contributed by atoms with van der Waals surface area (Å²) in [7, 11) is 0. The number of carbonyl (C=O) groups excluding carboxylic acids is 1. The first kappa shape index (κ1) is 18.4. The van der Waals surface area contributed by atoms with Gasteiger partial charge in [0, 0.05) is 12.7 Å². The first-order valence-electron chi connectivity index (χ1n) is 9.58. The molecule has 0 radical (unpaired) electrons. The third kappa shape index (κ3) is 3.79. The van der Waals surface area contributed by atoms with Gasteiger partial charge in [-0.1, -0.05) is 42.5 Å². The van der Waals surface area contributed by atoms with E-state index >= 15 is 0 Å². The van der Waals surface area contributed by atoms with Gasteiger partial charge < -0.3 is 14.8 Å². The summed E-state index contributed by atoms with van der Waals surface area (Å²) in [4.78, 5) is 14.0. The van der Waals surface area contributed by atoms with Crippen molar-refractivity contribution < 1.29 is 14.3 Å². The highest BCUT2D eigenvalue weighted by molar-refractivity contribution is 7.13. The highest BCUT2D eigenvalue weighted by atomic mass is 32.1. The molecule has 0 saturated heterocycles. The van der Waals surface area contributed by atoms with Crippen LogP contribution in [0.1, 0.15) is 21.5 Å². The molecule has 150 valence electrons. The van der Waals surface area contributed by atoms with Crippen molar-refractivity contribution >= 4 is 17.2 Å². The summed E-state index contributed by atoms with van der Waals surface area (Å²) in [6, 6.07) is 19.7. The minimum atomic E-state index is -0.157. The Hall–Kier alpha value is -3.58. The number of nitrogens with one attached hydrogen (secondary N) is 1. The largest absolute Gasteiger partial charge is 0.454 e. The number of hydrogen-bond acceptors (Lipinski definition) is 5. The maximum Gasteiger partial charge on any atom is 0.255 e. The highest BCUT2D eigenvalue weighted by Gasteiger charge is 2.19. The van der Waals surface area contributed by atoms with E-state index in [1.165, 1.54) is 0 Å². The van der Waals surface area contributed by atoms with Crippen LogP contribution >= 0.6 is 11.3 Å². The first-order chi connectivity index (χ1) is 14.8. The quantitative estimate of drug-likeness (QED) is 0.508. The number of nitrogens with zero attached hydrogens (tertiary/aromatic N) is 2. The van der Waals surface area contributed by atoms with Crippen LogP contribution in [0.4, 0.5) is 0 Å². The topological polar surface area (TPSA) is 65.4 Å². The van der Waals surface area contributed by atoms with Crippen LogP contribution in [0.2, 0.25) is 0 Å². The minimum Gasteiger partial charge on any atom is -0.454 e. The summed E-state index contributed by atoms with van der Waals surface area (Å²) in [5.41, 5.74) is 3.34. The number of hydrogen-bond donors (Lipinski definition) is 1. The maximum absolute atomic E-state index is 13.0. The van der Waals surface area contributed by atoms with E-state index in [2.05, 4.69) is 5.32 Å². The molecule has 0 unspecified atom stereocenters. The van der Waals surface area contributed by atoms with E-state index in [4.69, 9.17) is 14.6 Å². The lowest BCUT2D eigenvalue weighted by Crippen LogP contribution is -2.23. The van der Waals surface area contributed by atoms with Gasteiger partial charge in [-0.05, 0) is 34.7 Å². The molecule has 0 atom stereocenters. The van der Waals surface area contributed by atoms with Crippen LogP contribution in [0.25, 0.3) is 10.6 Å². The van der Waals surface area contributed by atoms with Crippen LogP contribution in [-0.2, 0) is 13.1 Å². The Morgan fingerprint density at radius 3 is 2.73 bits per heavy atom. The van der Waals surface area contributed by atoms with Gasteiger partial charge in [0.2, 0.25) is 6.79 Å². The fourth-order valence-electron chi connectivity index (χ4n) is 3.36. The molecule has 0 fully saturated rings. The van der Waals surface area contributed by atoms with Crippen LogP contribution < -0.4 is 14.8 Å². The Balaban J connectivity index is 1.37. The second-order valence-corrected chi connectivity index (χ2v) is 7.87. The third-order valence-corrected chi connectivity index (χ3v) is 5.71. The Bertz CT molecular complexity index is 1170. The molecule has 1 aliphatic rings. The monoisotopic (exact) mass is 417 g/mol. The molecular weight excluding hydrogens is 398 g/mol. The molecule has 3 heterocycles. The molecule has 0 spiro atoms. The van der Waals surface area contributed by atoms with Crippen molar-refractivity contribution in [2.24, 2.45) is 0 Å². The SMILES string of the molecule is O=C(NCc1ccc2c(c1)OCO2)c1cn(Cc2ccccc2)nc1-c1cccs1. The number of thiophene rings is 1. The number of carbonyl (C=O) groups is 1. The van der Waals surface area contributed by atoms with Crippen LogP contribution in [0.3, 0.4) is 0 Å². The molecule has 30 heavy (non-hydrogen) atoms. The Morgan fingerprint density at radius 2 is 1.90 bits per heavy atom. The molecule has 1 aliphatic heterocycles. The summed E-state index contributed by atoms with van der Waals surface area (Å²) >= 11 is 1.57. The van der Waals surface area contributed by atoms with E-state index in [0.717, 1.165) is 21.8 Å². The number of rotatable bonds is 6. The van der Waals surface area contributed by atoms with Crippen LogP contribution in [0.5, 0.6) is 11.5 Å². The lowest BCUT2D eigenvalue weighted by Gasteiger charge is -2.06. The fourth-order valence-corrected chi connectivity index (χ4v) is 4.09. The zero-order valence-electron chi connectivity index (χ0n) is 16.1. The van der Waals surface area contributed by atoms with E-state index in [0.29, 0.717) is 30.1 Å². The smallest absolute Gasteiger partial charge is 0.255 e. The van der Waals surface area contributed by atoms with Gasteiger partial charge in [0.15, 0.2) is 11.5 Å². The molecule has 5 rings (SSSR count). The summed E-state index contributed by atoms with van der Waals surface area (Å²) in [6.07, 6.45) is 1.82. The van der Waals surface area contributed by atoms with Crippen LogP contribution in [0, 0.1) is 0 Å². The van der Waals surface area contributed by atoms with Crippen molar-refractivity contribution in [2.75, 3.05) is 6.79 Å². The first-order valence-corrected chi connectivity index (χ1v) is 10.5. The van der Waals surface area contributed by atoms with Gasteiger partial charge in [0.25, 0.3) is 5.91 Å². The van der Waals surface area contributed by atoms with Crippen molar-refractivity contribution in [3.8, 4) is 22.1 Å². The van der Waals surface area contributed by atoms with Gasteiger partial charge >= 0.3 is 0 Å². The molecule has 2 aromatic heterocycles. The predicted octanol–water partition coefficient (Wildman–Crippen LogP) is 4.32. The van der Waals surface area contributed by atoms with E-state index in [9.17, 15) is 4.79 Å². The summed E-state index contributed by atoms with van der Waals surface area (Å²) in [6.45, 7) is 1.23. The molecule has 0 bridgehead atoms. The third-order valence-electron chi connectivity index (χ3n) is 4.84. The van der Waals surface area contributed by atoms with E-state index in [-0.39, 0.29) is 12.7 Å². The van der Waals surface area contributed by atoms with Gasteiger partial charge in [0.1, 0.15) is 5.69 Å². The molecule has 1 amide bonds. The standard InChI is InChI=1S/C23H19N3O3S/c27-23(24-12-17-8-9-19-20(11-17)29-15-28-19)18-14-26(13-16-5-2-1-3-6-16)25-22(18)21-7-4-10-30-21/h1-11,14H,12-13,15H2,(H,24,27). The molecule has 1 N–H and O–H groups in total. The summed E-state index contributed by atoms with van der Waals surface area (Å²) in [5.74, 6) is 1.28. The fraction of sp³-hybridized carbons (Fsp3) is 0.130. The maximum atomic E-state index is 13.0. The van der Waals surface area contributed by atoms with Crippen LogP contribution in [0.15, 0.2) is 72.2 Å². The molecule has 2 aromatic carbocycles. The van der Waals surface area contributed by atoms with Crippen molar-refractivity contribution in [2.45, 2.75) is 13.1 Å². The normalized spacial score (nSPS) is 12.1. The number of aromatic nitrogens is 2. The van der Waals surface area contributed by atoms with Crippen molar-refractivity contribution in [3.63, 3.8) is 0 Å². The Kier molecular flexibility index (Phi) is 4.94. The number of fused-ring (bicyclic) bond motifs is 1. The summed E-state index contributed by atoms with van der Waals surface area (Å²) in [5, 5.41) is 9.69. The molecular formula is C23H19N3O3S. The Morgan fingerprint density at radius 1 is 1.03 bits per heavy atom. The van der Waals surface area contributed by atoms with Gasteiger partial charge in [0.05, 0.1) is 17.0 Å². The van der Waals surface area contributed by atoms with Gasteiger partial charge in [-0.15, -0.1) is 11.3 Å². The zero-order valence-corrected chi connectivity index (χ0v) is 16.9. The highest BCUT2D eigenvalue weighted by Crippen LogP contribution is 2.32. The molecule has 6 nitrogen and oxygen atoms in total. The van der Waals surface area contributed by atoms with E-state index in [1.807, 2.05) is 76.9 Å². The van der Waals surface area contributed by atoms with E-state index in [1.54, 1.807) is 11.3 Å². The number of amides is 1. The average molecular weight is 417 g/mol. The van der Waals surface area contributed by atoms with Crippen molar-refractivity contribution in [1.82, 2.24) is 15.1 Å². The lowest BCUT2D eigenvalue weighted by atomic mass is 10.1. The van der Waals surface area contributed by atoms with Gasteiger partial charge in [-0.2, -0.15) is 5.10 Å². The molecule has 0 aliphatic carbocycles. The summed E-state index contributed by atoms with van der Waals surface area (Å²) < 4.78 is 12.6. The Labute approximate surface area is 177 Å².